The highest BCUT2D eigenvalue weighted by Crippen LogP contribution is 2.19. The first kappa shape index (κ1) is 12.4. The van der Waals surface area contributed by atoms with Crippen molar-refractivity contribution < 1.29 is 0 Å². The second-order valence-corrected chi connectivity index (χ2v) is 5.37. The van der Waals surface area contributed by atoms with E-state index in [1.165, 1.54) is 5.56 Å². The Morgan fingerprint density at radius 3 is 2.74 bits per heavy atom. The molecule has 96 valence electrons. The molecule has 0 aliphatic heterocycles. The quantitative estimate of drug-likeness (QED) is 0.684. The van der Waals surface area contributed by atoms with Gasteiger partial charge in [0.2, 0.25) is 0 Å². The number of thiazole rings is 1. The smallest absolute Gasteiger partial charge is 0.114 e. The Bertz CT molecular complexity index is 660. The molecular weight excluding hydrogens is 278 g/mol. The summed E-state index contributed by atoms with van der Waals surface area (Å²) in [5, 5.41) is 7.39. The molecule has 3 aromatic rings. The Hall–Kier alpha value is -1.65. The third kappa shape index (κ3) is 2.85. The SMILES string of the molecule is ClCc1csc(Cn2cc(-c3ccccc3)cn2)n1. The minimum atomic E-state index is 0.463. The van der Waals surface area contributed by atoms with Crippen molar-refractivity contribution in [2.45, 2.75) is 12.4 Å². The van der Waals surface area contributed by atoms with E-state index in [4.69, 9.17) is 11.6 Å². The summed E-state index contributed by atoms with van der Waals surface area (Å²) in [4.78, 5) is 4.43. The van der Waals surface area contributed by atoms with Crippen LogP contribution in [0.3, 0.4) is 0 Å². The molecule has 0 saturated carbocycles. The zero-order valence-electron chi connectivity index (χ0n) is 10.2. The van der Waals surface area contributed by atoms with E-state index in [2.05, 4.69) is 22.2 Å². The summed E-state index contributed by atoms with van der Waals surface area (Å²) >= 11 is 7.37. The molecule has 0 atom stereocenters. The van der Waals surface area contributed by atoms with Gasteiger partial charge in [-0.3, -0.25) is 4.68 Å². The van der Waals surface area contributed by atoms with Crippen molar-refractivity contribution in [3.05, 3.63) is 58.8 Å². The molecule has 0 aliphatic rings. The van der Waals surface area contributed by atoms with Crippen LogP contribution in [0.1, 0.15) is 10.7 Å². The minimum absolute atomic E-state index is 0.463. The molecule has 0 aliphatic carbocycles. The Morgan fingerprint density at radius 2 is 2.00 bits per heavy atom. The number of hydrogen-bond acceptors (Lipinski definition) is 3. The first-order chi connectivity index (χ1) is 9.35. The third-order valence-corrected chi connectivity index (χ3v) is 3.93. The summed E-state index contributed by atoms with van der Waals surface area (Å²) < 4.78 is 1.90. The molecule has 19 heavy (non-hydrogen) atoms. The van der Waals surface area contributed by atoms with Gasteiger partial charge in [-0.25, -0.2) is 4.98 Å². The number of hydrogen-bond donors (Lipinski definition) is 0. The third-order valence-electron chi connectivity index (χ3n) is 2.77. The zero-order chi connectivity index (χ0) is 13.1. The summed E-state index contributed by atoms with van der Waals surface area (Å²) in [6, 6.07) is 10.2. The maximum Gasteiger partial charge on any atom is 0.114 e. The molecule has 0 unspecified atom stereocenters. The van der Waals surface area contributed by atoms with Gasteiger partial charge >= 0.3 is 0 Å². The summed E-state index contributed by atoms with van der Waals surface area (Å²) in [5.74, 6) is 0.463. The van der Waals surface area contributed by atoms with E-state index >= 15 is 0 Å². The number of nitrogens with zero attached hydrogens (tertiary/aromatic N) is 3. The molecular formula is C14H12ClN3S. The molecule has 0 saturated heterocycles. The van der Waals surface area contributed by atoms with E-state index in [0.717, 1.165) is 16.3 Å². The first-order valence-electron chi connectivity index (χ1n) is 5.92. The Labute approximate surface area is 120 Å². The van der Waals surface area contributed by atoms with Crippen LogP contribution in [0.2, 0.25) is 0 Å². The molecule has 3 rings (SSSR count). The van der Waals surface area contributed by atoms with E-state index in [-0.39, 0.29) is 0 Å². The van der Waals surface area contributed by atoms with Gasteiger partial charge in [-0.2, -0.15) is 5.10 Å². The Morgan fingerprint density at radius 1 is 1.16 bits per heavy atom. The number of benzene rings is 1. The molecule has 0 N–H and O–H groups in total. The molecule has 3 nitrogen and oxygen atoms in total. The van der Waals surface area contributed by atoms with Crippen LogP contribution in [0, 0.1) is 0 Å². The highest BCUT2D eigenvalue weighted by atomic mass is 35.5. The predicted octanol–water partition coefficient (Wildman–Crippen LogP) is 3.79. The molecule has 5 heteroatoms. The average Bonchev–Trinajstić information content (AvgIpc) is 3.09. The first-order valence-corrected chi connectivity index (χ1v) is 7.33. The highest BCUT2D eigenvalue weighted by molar-refractivity contribution is 7.09. The van der Waals surface area contributed by atoms with Gasteiger partial charge in [0.15, 0.2) is 0 Å². The van der Waals surface area contributed by atoms with Crippen LogP contribution in [-0.2, 0) is 12.4 Å². The predicted molar refractivity (Wildman–Crippen MR) is 78.4 cm³/mol. The molecule has 0 fully saturated rings. The van der Waals surface area contributed by atoms with Crippen LogP contribution in [0.15, 0.2) is 48.1 Å². The van der Waals surface area contributed by atoms with Gasteiger partial charge < -0.3 is 0 Å². The lowest BCUT2D eigenvalue weighted by atomic mass is 10.1. The van der Waals surface area contributed by atoms with Gasteiger partial charge in [0, 0.05) is 17.1 Å². The van der Waals surface area contributed by atoms with Crippen LogP contribution in [0.5, 0.6) is 0 Å². The highest BCUT2D eigenvalue weighted by Gasteiger charge is 2.05. The molecule has 2 aromatic heterocycles. The number of rotatable bonds is 4. The monoisotopic (exact) mass is 289 g/mol. The fourth-order valence-electron chi connectivity index (χ4n) is 1.85. The lowest BCUT2D eigenvalue weighted by molar-refractivity contribution is 0.682. The molecule has 2 heterocycles. The van der Waals surface area contributed by atoms with E-state index in [1.807, 2.05) is 40.7 Å². The van der Waals surface area contributed by atoms with Gasteiger partial charge in [-0.15, -0.1) is 22.9 Å². The molecule has 0 radical (unpaired) electrons. The number of alkyl halides is 1. The van der Waals surface area contributed by atoms with Crippen molar-refractivity contribution in [3.63, 3.8) is 0 Å². The van der Waals surface area contributed by atoms with Crippen molar-refractivity contribution in [1.29, 1.82) is 0 Å². The van der Waals surface area contributed by atoms with Crippen LogP contribution in [0.25, 0.3) is 11.1 Å². The van der Waals surface area contributed by atoms with Gasteiger partial charge in [0.05, 0.1) is 24.3 Å². The minimum Gasteiger partial charge on any atom is -0.265 e. The molecule has 0 amide bonds. The molecule has 1 aromatic carbocycles. The summed E-state index contributed by atoms with van der Waals surface area (Å²) in [6.45, 7) is 0.689. The van der Waals surface area contributed by atoms with Crippen LogP contribution in [0.4, 0.5) is 0 Å². The maximum absolute atomic E-state index is 5.75. The lowest BCUT2D eigenvalue weighted by Crippen LogP contribution is -1.99. The standard InChI is InChI=1S/C14H12ClN3S/c15-6-13-10-19-14(17-13)9-18-8-12(7-16-18)11-4-2-1-3-5-11/h1-5,7-8,10H,6,9H2. The van der Waals surface area contributed by atoms with Gasteiger partial charge in [0.1, 0.15) is 5.01 Å². The summed E-state index contributed by atoms with van der Waals surface area (Å²) in [5.41, 5.74) is 3.22. The lowest BCUT2D eigenvalue weighted by Gasteiger charge is -1.97. The van der Waals surface area contributed by atoms with Crippen molar-refractivity contribution >= 4 is 22.9 Å². The van der Waals surface area contributed by atoms with Crippen LogP contribution < -0.4 is 0 Å². The van der Waals surface area contributed by atoms with E-state index in [9.17, 15) is 0 Å². The van der Waals surface area contributed by atoms with Gasteiger partial charge in [-0.05, 0) is 5.56 Å². The summed E-state index contributed by atoms with van der Waals surface area (Å²) in [7, 11) is 0. The van der Waals surface area contributed by atoms with Crippen molar-refractivity contribution in [1.82, 2.24) is 14.8 Å². The van der Waals surface area contributed by atoms with Gasteiger partial charge in [0.25, 0.3) is 0 Å². The number of aromatic nitrogens is 3. The fraction of sp³-hybridized carbons (Fsp3) is 0.143. The zero-order valence-corrected chi connectivity index (χ0v) is 11.7. The maximum atomic E-state index is 5.75. The van der Waals surface area contributed by atoms with E-state index < -0.39 is 0 Å². The fourth-order valence-corrected chi connectivity index (χ4v) is 2.86. The van der Waals surface area contributed by atoms with E-state index in [1.54, 1.807) is 11.3 Å². The van der Waals surface area contributed by atoms with Crippen molar-refractivity contribution in [2.24, 2.45) is 0 Å². The normalized spacial score (nSPS) is 10.8. The molecule has 0 spiro atoms. The van der Waals surface area contributed by atoms with Crippen LogP contribution in [-0.4, -0.2) is 14.8 Å². The Balaban J connectivity index is 1.78. The summed E-state index contributed by atoms with van der Waals surface area (Å²) in [6.07, 6.45) is 3.92. The average molecular weight is 290 g/mol. The van der Waals surface area contributed by atoms with Crippen LogP contribution >= 0.6 is 22.9 Å². The largest absolute Gasteiger partial charge is 0.265 e. The Kier molecular flexibility index (Phi) is 3.62. The second kappa shape index (κ2) is 5.55. The topological polar surface area (TPSA) is 30.7 Å². The number of halogens is 1. The van der Waals surface area contributed by atoms with Crippen molar-refractivity contribution in [3.8, 4) is 11.1 Å². The molecule has 0 bridgehead atoms. The van der Waals surface area contributed by atoms with E-state index in [0.29, 0.717) is 12.4 Å². The van der Waals surface area contributed by atoms with Crippen molar-refractivity contribution in [2.75, 3.05) is 0 Å². The second-order valence-electron chi connectivity index (χ2n) is 4.16. The van der Waals surface area contributed by atoms with Gasteiger partial charge in [-0.1, -0.05) is 30.3 Å².